The lowest BCUT2D eigenvalue weighted by molar-refractivity contribution is -0.118. The Bertz CT molecular complexity index is 393. The second kappa shape index (κ2) is 5.32. The van der Waals surface area contributed by atoms with E-state index in [1.807, 2.05) is 11.0 Å². The van der Waals surface area contributed by atoms with Crippen LogP contribution in [-0.4, -0.2) is 25.5 Å². The number of hydrogen-bond acceptors (Lipinski definition) is 2. The Hall–Kier alpha value is -1.06. The first-order valence-electron chi connectivity index (χ1n) is 5.27. The van der Waals surface area contributed by atoms with Crippen LogP contribution in [0.5, 0.6) is 0 Å². The Labute approximate surface area is 102 Å². The molecular weight excluding hydrogens is 224 g/mol. The van der Waals surface area contributed by atoms with Crippen LogP contribution in [0.3, 0.4) is 0 Å². The monoisotopic (exact) mass is 240 g/mol. The number of halogens is 1. The van der Waals surface area contributed by atoms with Crippen LogP contribution >= 0.6 is 12.4 Å². The highest BCUT2D eigenvalue weighted by Crippen LogP contribution is 2.21. The number of rotatable bonds is 1. The maximum absolute atomic E-state index is 11.7. The molecule has 0 saturated carbocycles. The van der Waals surface area contributed by atoms with Crippen LogP contribution in [0.25, 0.3) is 0 Å². The van der Waals surface area contributed by atoms with Gasteiger partial charge in [-0.15, -0.1) is 12.4 Å². The lowest BCUT2D eigenvalue weighted by atomic mass is 10.1. The number of carbonyl (C=O) groups is 1. The fraction of sp³-hybridized carbons (Fsp3) is 0.417. The van der Waals surface area contributed by atoms with E-state index in [1.165, 1.54) is 11.1 Å². The highest BCUT2D eigenvalue weighted by atomic mass is 35.5. The summed E-state index contributed by atoms with van der Waals surface area (Å²) < 4.78 is 0. The van der Waals surface area contributed by atoms with E-state index in [2.05, 4.69) is 31.3 Å². The molecule has 2 rings (SSSR count). The maximum atomic E-state index is 11.7. The third-order valence-electron chi connectivity index (χ3n) is 2.73. The zero-order valence-electron chi connectivity index (χ0n) is 9.62. The molecule has 1 aliphatic heterocycles. The number of aryl methyl sites for hydroxylation is 2. The normalized spacial score (nSPS) is 15.9. The van der Waals surface area contributed by atoms with E-state index < -0.39 is 0 Å². The van der Waals surface area contributed by atoms with Crippen molar-refractivity contribution in [2.75, 3.05) is 24.5 Å². The van der Waals surface area contributed by atoms with Crippen molar-refractivity contribution in [1.29, 1.82) is 0 Å². The van der Waals surface area contributed by atoms with Gasteiger partial charge in [0, 0.05) is 18.8 Å². The molecule has 3 nitrogen and oxygen atoms in total. The number of amides is 1. The summed E-state index contributed by atoms with van der Waals surface area (Å²) in [5.74, 6) is 0.160. The van der Waals surface area contributed by atoms with Crippen molar-refractivity contribution in [2.45, 2.75) is 13.8 Å². The molecule has 0 atom stereocenters. The van der Waals surface area contributed by atoms with Gasteiger partial charge in [-0.2, -0.15) is 0 Å². The molecular formula is C12H17ClN2O. The number of carbonyl (C=O) groups excluding carboxylic acids is 1. The molecule has 1 N–H and O–H groups in total. The number of nitrogens with zero attached hydrogens (tertiary/aromatic N) is 1. The number of piperazine rings is 1. The second-order valence-corrected chi connectivity index (χ2v) is 4.01. The maximum Gasteiger partial charge on any atom is 0.240 e. The Morgan fingerprint density at radius 3 is 2.69 bits per heavy atom. The van der Waals surface area contributed by atoms with Crippen molar-refractivity contribution in [3.8, 4) is 0 Å². The summed E-state index contributed by atoms with van der Waals surface area (Å²) in [6.07, 6.45) is 0. The third-order valence-corrected chi connectivity index (χ3v) is 2.73. The fourth-order valence-corrected chi connectivity index (χ4v) is 1.97. The third kappa shape index (κ3) is 2.54. The molecule has 0 unspecified atom stereocenters. The van der Waals surface area contributed by atoms with Crippen LogP contribution in [-0.2, 0) is 4.79 Å². The first-order valence-corrected chi connectivity index (χ1v) is 5.27. The minimum atomic E-state index is 0. The lowest BCUT2D eigenvalue weighted by Crippen LogP contribution is -2.48. The van der Waals surface area contributed by atoms with Gasteiger partial charge in [0.1, 0.15) is 0 Å². The highest BCUT2D eigenvalue weighted by molar-refractivity contribution is 5.96. The summed E-state index contributed by atoms with van der Waals surface area (Å²) in [5, 5.41) is 3.07. The van der Waals surface area contributed by atoms with E-state index in [-0.39, 0.29) is 18.3 Å². The molecule has 0 radical (unpaired) electrons. The highest BCUT2D eigenvalue weighted by Gasteiger charge is 2.20. The van der Waals surface area contributed by atoms with E-state index >= 15 is 0 Å². The molecule has 1 aromatic carbocycles. The molecule has 1 heterocycles. The summed E-state index contributed by atoms with van der Waals surface area (Å²) in [6.45, 7) is 6.21. The molecule has 1 fully saturated rings. The van der Waals surface area contributed by atoms with Gasteiger partial charge in [-0.25, -0.2) is 0 Å². The second-order valence-electron chi connectivity index (χ2n) is 4.01. The smallest absolute Gasteiger partial charge is 0.240 e. The van der Waals surface area contributed by atoms with Crippen molar-refractivity contribution in [2.24, 2.45) is 0 Å². The van der Waals surface area contributed by atoms with Gasteiger partial charge in [0.25, 0.3) is 0 Å². The Morgan fingerprint density at radius 1 is 1.31 bits per heavy atom. The van der Waals surface area contributed by atoms with Gasteiger partial charge in [-0.05, 0) is 25.5 Å². The summed E-state index contributed by atoms with van der Waals surface area (Å²) in [4.78, 5) is 13.6. The Kier molecular flexibility index (Phi) is 4.33. The molecule has 1 saturated heterocycles. The topological polar surface area (TPSA) is 32.3 Å². The molecule has 0 spiro atoms. The standard InChI is InChI=1S/C12H16N2O.ClH/c1-9-3-4-11(10(2)7-9)14-6-5-13-8-12(14)15;/h3-4,7,13H,5-6,8H2,1-2H3;1H. The van der Waals surface area contributed by atoms with Crippen LogP contribution in [0.1, 0.15) is 11.1 Å². The molecule has 0 bridgehead atoms. The molecule has 0 aromatic heterocycles. The number of hydrogen-bond donors (Lipinski definition) is 1. The van der Waals surface area contributed by atoms with Crippen molar-refractivity contribution in [1.82, 2.24) is 5.32 Å². The number of benzene rings is 1. The molecule has 0 aliphatic carbocycles. The van der Waals surface area contributed by atoms with Gasteiger partial charge in [0.05, 0.1) is 6.54 Å². The first-order chi connectivity index (χ1) is 7.18. The van der Waals surface area contributed by atoms with Crippen molar-refractivity contribution in [3.05, 3.63) is 29.3 Å². The van der Waals surface area contributed by atoms with Crippen LogP contribution in [0.2, 0.25) is 0 Å². The van der Waals surface area contributed by atoms with E-state index in [0.717, 1.165) is 18.8 Å². The minimum absolute atomic E-state index is 0. The molecule has 1 amide bonds. The van der Waals surface area contributed by atoms with Gasteiger partial charge < -0.3 is 10.2 Å². The quantitative estimate of drug-likeness (QED) is 0.810. The average Bonchev–Trinajstić information content (AvgIpc) is 2.20. The van der Waals surface area contributed by atoms with Crippen LogP contribution < -0.4 is 10.2 Å². The molecule has 1 aliphatic rings. The Morgan fingerprint density at radius 2 is 2.06 bits per heavy atom. The zero-order valence-corrected chi connectivity index (χ0v) is 10.4. The van der Waals surface area contributed by atoms with Gasteiger partial charge in [-0.1, -0.05) is 17.7 Å². The Balaban J connectivity index is 0.00000128. The van der Waals surface area contributed by atoms with Gasteiger partial charge in [0.2, 0.25) is 5.91 Å². The summed E-state index contributed by atoms with van der Waals surface area (Å²) in [5.41, 5.74) is 3.45. The number of anilines is 1. The van der Waals surface area contributed by atoms with E-state index in [9.17, 15) is 4.79 Å². The fourth-order valence-electron chi connectivity index (χ4n) is 1.97. The first kappa shape index (κ1) is 13.0. The van der Waals surface area contributed by atoms with E-state index in [0.29, 0.717) is 6.54 Å². The predicted molar refractivity (Wildman–Crippen MR) is 68.4 cm³/mol. The van der Waals surface area contributed by atoms with Gasteiger partial charge in [0.15, 0.2) is 0 Å². The molecule has 1 aromatic rings. The van der Waals surface area contributed by atoms with E-state index in [4.69, 9.17) is 0 Å². The summed E-state index contributed by atoms with van der Waals surface area (Å²) in [7, 11) is 0. The van der Waals surface area contributed by atoms with Gasteiger partial charge in [-0.3, -0.25) is 4.79 Å². The van der Waals surface area contributed by atoms with Crippen molar-refractivity contribution >= 4 is 24.0 Å². The minimum Gasteiger partial charge on any atom is -0.310 e. The number of nitrogens with one attached hydrogen (secondary N) is 1. The van der Waals surface area contributed by atoms with Crippen LogP contribution in [0.4, 0.5) is 5.69 Å². The van der Waals surface area contributed by atoms with Crippen LogP contribution in [0.15, 0.2) is 18.2 Å². The zero-order chi connectivity index (χ0) is 10.8. The largest absolute Gasteiger partial charge is 0.310 e. The lowest BCUT2D eigenvalue weighted by Gasteiger charge is -2.28. The predicted octanol–water partition coefficient (Wildman–Crippen LogP) is 1.66. The molecule has 4 heteroatoms. The summed E-state index contributed by atoms with van der Waals surface area (Å²) >= 11 is 0. The molecule has 16 heavy (non-hydrogen) atoms. The van der Waals surface area contributed by atoms with Crippen molar-refractivity contribution in [3.63, 3.8) is 0 Å². The van der Waals surface area contributed by atoms with Gasteiger partial charge >= 0.3 is 0 Å². The van der Waals surface area contributed by atoms with Crippen molar-refractivity contribution < 1.29 is 4.79 Å². The molecule has 88 valence electrons. The summed E-state index contributed by atoms with van der Waals surface area (Å²) in [6, 6.07) is 6.20. The van der Waals surface area contributed by atoms with E-state index in [1.54, 1.807) is 0 Å². The van der Waals surface area contributed by atoms with Crippen LogP contribution in [0, 0.1) is 13.8 Å². The average molecular weight is 241 g/mol. The SMILES string of the molecule is Cc1ccc(N2CCNCC2=O)c(C)c1.Cl.